The van der Waals surface area contributed by atoms with Gasteiger partial charge in [0.1, 0.15) is 0 Å². The smallest absolute Gasteiger partial charge is 0.0208 e. The fraction of sp³-hybridized carbons (Fsp3) is 0.538. The van der Waals surface area contributed by atoms with Crippen LogP contribution in [0.2, 0.25) is 0 Å². The van der Waals surface area contributed by atoms with Crippen LogP contribution >= 0.6 is 0 Å². The Hall–Kier alpha value is -0.860. The van der Waals surface area contributed by atoms with Crippen molar-refractivity contribution in [2.45, 2.75) is 20.4 Å². The van der Waals surface area contributed by atoms with E-state index in [1.807, 2.05) is 0 Å². The molecule has 15 heavy (non-hydrogen) atoms. The molecule has 0 spiro atoms. The highest BCUT2D eigenvalue weighted by atomic mass is 15.1. The van der Waals surface area contributed by atoms with Crippen molar-refractivity contribution in [2.75, 3.05) is 27.2 Å². The summed E-state index contributed by atoms with van der Waals surface area (Å²) >= 11 is 0. The van der Waals surface area contributed by atoms with Crippen LogP contribution < -0.4 is 5.32 Å². The van der Waals surface area contributed by atoms with Gasteiger partial charge in [0.25, 0.3) is 0 Å². The van der Waals surface area contributed by atoms with Crippen LogP contribution in [0.5, 0.6) is 0 Å². The number of benzene rings is 1. The average molecular weight is 206 g/mol. The first-order valence-corrected chi connectivity index (χ1v) is 5.51. The molecule has 0 radical (unpaired) electrons. The summed E-state index contributed by atoms with van der Waals surface area (Å²) in [4.78, 5) is 2.19. The van der Waals surface area contributed by atoms with Crippen molar-refractivity contribution in [1.29, 1.82) is 0 Å². The highest BCUT2D eigenvalue weighted by Crippen LogP contribution is 2.09. The maximum Gasteiger partial charge on any atom is 0.0208 e. The van der Waals surface area contributed by atoms with E-state index in [0.717, 1.165) is 19.6 Å². The predicted molar refractivity (Wildman–Crippen MR) is 66.2 cm³/mol. The van der Waals surface area contributed by atoms with Gasteiger partial charge in [-0.1, -0.05) is 23.8 Å². The summed E-state index contributed by atoms with van der Waals surface area (Å²) in [5, 5.41) is 3.46. The molecule has 0 aliphatic rings. The second kappa shape index (κ2) is 5.89. The van der Waals surface area contributed by atoms with Gasteiger partial charge < -0.3 is 10.2 Å². The van der Waals surface area contributed by atoms with Gasteiger partial charge in [-0.25, -0.2) is 0 Å². The molecule has 2 nitrogen and oxygen atoms in total. The van der Waals surface area contributed by atoms with E-state index < -0.39 is 0 Å². The predicted octanol–water partition coefficient (Wildman–Crippen LogP) is 1.95. The average Bonchev–Trinajstić information content (AvgIpc) is 2.17. The molecule has 1 N–H and O–H groups in total. The molecule has 0 bridgehead atoms. The largest absolute Gasteiger partial charge is 0.311 e. The van der Waals surface area contributed by atoms with E-state index in [1.54, 1.807) is 0 Å². The quantitative estimate of drug-likeness (QED) is 0.741. The van der Waals surface area contributed by atoms with E-state index in [9.17, 15) is 0 Å². The van der Waals surface area contributed by atoms with E-state index >= 15 is 0 Å². The first kappa shape index (κ1) is 12.2. The molecule has 0 aromatic heterocycles. The number of nitrogens with one attached hydrogen (secondary N) is 1. The Labute approximate surface area is 93.3 Å². The molecule has 0 atom stereocenters. The van der Waals surface area contributed by atoms with Gasteiger partial charge in [0.05, 0.1) is 0 Å². The SMILES string of the molecule is Cc1ccc(C)c(CNCCN(C)C)c1. The van der Waals surface area contributed by atoms with Crippen molar-refractivity contribution in [3.05, 3.63) is 34.9 Å². The van der Waals surface area contributed by atoms with E-state index in [1.165, 1.54) is 16.7 Å². The van der Waals surface area contributed by atoms with E-state index in [-0.39, 0.29) is 0 Å². The van der Waals surface area contributed by atoms with Crippen LogP contribution in [0, 0.1) is 13.8 Å². The number of aryl methyl sites for hydroxylation is 2. The Morgan fingerprint density at radius 3 is 2.60 bits per heavy atom. The van der Waals surface area contributed by atoms with Crippen LogP contribution in [0.15, 0.2) is 18.2 Å². The van der Waals surface area contributed by atoms with Gasteiger partial charge in [-0.2, -0.15) is 0 Å². The van der Waals surface area contributed by atoms with Crippen molar-refractivity contribution in [3.8, 4) is 0 Å². The Morgan fingerprint density at radius 1 is 1.20 bits per heavy atom. The molecule has 0 heterocycles. The molecule has 1 aromatic carbocycles. The van der Waals surface area contributed by atoms with E-state index in [4.69, 9.17) is 0 Å². The topological polar surface area (TPSA) is 15.3 Å². The second-order valence-corrected chi connectivity index (χ2v) is 4.41. The molecule has 0 aliphatic heterocycles. The Bertz CT molecular complexity index is 305. The van der Waals surface area contributed by atoms with E-state index in [0.29, 0.717) is 0 Å². The number of hydrogen-bond acceptors (Lipinski definition) is 2. The van der Waals surface area contributed by atoms with Gasteiger partial charge in [0.2, 0.25) is 0 Å². The molecule has 0 aliphatic carbocycles. The maximum absolute atomic E-state index is 3.46. The standard InChI is InChI=1S/C13H22N2/c1-11-5-6-12(2)13(9-11)10-14-7-8-15(3)4/h5-6,9,14H,7-8,10H2,1-4H3. The van der Waals surface area contributed by atoms with Crippen LogP contribution in [0.1, 0.15) is 16.7 Å². The lowest BCUT2D eigenvalue weighted by Gasteiger charge is -2.12. The van der Waals surface area contributed by atoms with E-state index in [2.05, 4.69) is 56.4 Å². The Balaban J connectivity index is 2.40. The minimum absolute atomic E-state index is 0.974. The third-order valence-electron chi connectivity index (χ3n) is 2.56. The number of hydrogen-bond donors (Lipinski definition) is 1. The number of rotatable bonds is 5. The molecule has 0 fully saturated rings. The third kappa shape index (κ3) is 4.45. The Kier molecular flexibility index (Phi) is 4.79. The minimum atomic E-state index is 0.974. The zero-order valence-electron chi connectivity index (χ0n) is 10.3. The third-order valence-corrected chi connectivity index (χ3v) is 2.56. The van der Waals surface area contributed by atoms with Crippen LogP contribution in [0.4, 0.5) is 0 Å². The van der Waals surface area contributed by atoms with Gasteiger partial charge in [0.15, 0.2) is 0 Å². The molecular formula is C13H22N2. The zero-order valence-corrected chi connectivity index (χ0v) is 10.3. The maximum atomic E-state index is 3.46. The fourth-order valence-corrected chi connectivity index (χ4v) is 1.52. The molecule has 1 aromatic rings. The van der Waals surface area contributed by atoms with Crippen LogP contribution in [0.25, 0.3) is 0 Å². The summed E-state index contributed by atoms with van der Waals surface area (Å²) in [5.41, 5.74) is 4.12. The molecule has 0 unspecified atom stereocenters. The Morgan fingerprint density at radius 2 is 1.93 bits per heavy atom. The summed E-state index contributed by atoms with van der Waals surface area (Å²) in [6.07, 6.45) is 0. The van der Waals surface area contributed by atoms with Gasteiger partial charge in [-0.05, 0) is 39.1 Å². The minimum Gasteiger partial charge on any atom is -0.311 e. The van der Waals surface area contributed by atoms with Crippen molar-refractivity contribution >= 4 is 0 Å². The van der Waals surface area contributed by atoms with Crippen molar-refractivity contribution in [2.24, 2.45) is 0 Å². The molecule has 84 valence electrons. The van der Waals surface area contributed by atoms with Crippen LogP contribution in [-0.4, -0.2) is 32.1 Å². The van der Waals surface area contributed by atoms with Gasteiger partial charge in [-0.15, -0.1) is 0 Å². The first-order chi connectivity index (χ1) is 7.09. The van der Waals surface area contributed by atoms with Crippen molar-refractivity contribution in [1.82, 2.24) is 10.2 Å². The number of likely N-dealkylation sites (N-methyl/N-ethyl adjacent to an activating group) is 1. The molecule has 2 heteroatoms. The summed E-state index contributed by atoms with van der Waals surface area (Å²) in [7, 11) is 4.19. The van der Waals surface area contributed by atoms with Crippen molar-refractivity contribution in [3.63, 3.8) is 0 Å². The summed E-state index contributed by atoms with van der Waals surface area (Å²) < 4.78 is 0. The summed E-state index contributed by atoms with van der Waals surface area (Å²) in [5.74, 6) is 0. The zero-order chi connectivity index (χ0) is 11.3. The lowest BCUT2D eigenvalue weighted by atomic mass is 10.1. The summed E-state index contributed by atoms with van der Waals surface area (Å²) in [6, 6.07) is 6.62. The van der Waals surface area contributed by atoms with Gasteiger partial charge in [-0.3, -0.25) is 0 Å². The lowest BCUT2D eigenvalue weighted by molar-refractivity contribution is 0.400. The monoisotopic (exact) mass is 206 g/mol. The van der Waals surface area contributed by atoms with Crippen LogP contribution in [-0.2, 0) is 6.54 Å². The number of nitrogens with zero attached hydrogens (tertiary/aromatic N) is 1. The normalized spacial score (nSPS) is 11.0. The molecule has 0 saturated carbocycles. The molecule has 0 amide bonds. The van der Waals surface area contributed by atoms with Crippen LogP contribution in [0.3, 0.4) is 0 Å². The highest BCUT2D eigenvalue weighted by Gasteiger charge is 1.98. The van der Waals surface area contributed by atoms with Gasteiger partial charge in [0, 0.05) is 19.6 Å². The fourth-order valence-electron chi connectivity index (χ4n) is 1.52. The summed E-state index contributed by atoms with van der Waals surface area (Å²) in [6.45, 7) is 7.41. The molecule has 1 rings (SSSR count). The first-order valence-electron chi connectivity index (χ1n) is 5.51. The highest BCUT2D eigenvalue weighted by molar-refractivity contribution is 5.30. The second-order valence-electron chi connectivity index (χ2n) is 4.41. The molecule has 0 saturated heterocycles. The van der Waals surface area contributed by atoms with Gasteiger partial charge >= 0.3 is 0 Å². The van der Waals surface area contributed by atoms with Crippen molar-refractivity contribution < 1.29 is 0 Å². The lowest BCUT2D eigenvalue weighted by Crippen LogP contribution is -2.26. The molecular weight excluding hydrogens is 184 g/mol.